The van der Waals surface area contributed by atoms with Crippen molar-refractivity contribution in [2.75, 3.05) is 0 Å². The minimum atomic E-state index is 0.743. The van der Waals surface area contributed by atoms with Crippen molar-refractivity contribution in [2.45, 2.75) is 33.6 Å². The zero-order valence-electron chi connectivity index (χ0n) is 14.0. The second kappa shape index (κ2) is 5.63. The molecule has 0 unspecified atom stereocenters. The van der Waals surface area contributed by atoms with Gasteiger partial charge in [-0.1, -0.05) is 0 Å². The maximum Gasteiger partial charge on any atom is 0.177 e. The van der Waals surface area contributed by atoms with Crippen LogP contribution in [0.2, 0.25) is 0 Å². The molecule has 4 aromatic rings. The van der Waals surface area contributed by atoms with Gasteiger partial charge in [0, 0.05) is 29.9 Å². The minimum Gasteiger partial charge on any atom is -0.256 e. The summed E-state index contributed by atoms with van der Waals surface area (Å²) in [4.78, 5) is 18.0. The fraction of sp³-hybridized carbons (Fsp3) is 0.278. The van der Waals surface area contributed by atoms with Crippen molar-refractivity contribution < 1.29 is 0 Å². The lowest BCUT2D eigenvalue weighted by Gasteiger charge is -2.05. The molecule has 4 rings (SSSR count). The number of rotatable bonds is 3. The van der Waals surface area contributed by atoms with Gasteiger partial charge in [0.05, 0.1) is 11.4 Å². The van der Waals surface area contributed by atoms with Gasteiger partial charge in [-0.3, -0.25) is 4.98 Å². The summed E-state index contributed by atoms with van der Waals surface area (Å²) < 4.78 is 1.86. The van der Waals surface area contributed by atoms with Crippen LogP contribution < -0.4 is 0 Å². The van der Waals surface area contributed by atoms with Gasteiger partial charge >= 0.3 is 0 Å². The van der Waals surface area contributed by atoms with Crippen molar-refractivity contribution in [3.8, 4) is 0 Å². The molecular weight excluding hydrogens is 300 g/mol. The summed E-state index contributed by atoms with van der Waals surface area (Å²) in [7, 11) is 0. The quantitative estimate of drug-likeness (QED) is 0.581. The molecule has 0 aromatic carbocycles. The van der Waals surface area contributed by atoms with E-state index in [1.165, 1.54) is 5.56 Å². The molecule has 6 nitrogen and oxygen atoms in total. The standard InChI is InChI=1S/C18H18N6/c1-11-9-14-5-4-8-19-17(14)21-15(11)6-7-16-22-18-13(3)20-10-12(2)24(18)23-16/h4-5,8-10H,6-7H2,1-3H3. The van der Waals surface area contributed by atoms with Gasteiger partial charge in [0.2, 0.25) is 0 Å². The van der Waals surface area contributed by atoms with Crippen LogP contribution in [0.1, 0.15) is 28.5 Å². The largest absolute Gasteiger partial charge is 0.256 e. The van der Waals surface area contributed by atoms with Gasteiger partial charge in [-0.25, -0.2) is 19.5 Å². The lowest BCUT2D eigenvalue weighted by Crippen LogP contribution is -2.01. The highest BCUT2D eigenvalue weighted by Crippen LogP contribution is 2.16. The minimum absolute atomic E-state index is 0.743. The van der Waals surface area contributed by atoms with Crippen LogP contribution in [0, 0.1) is 20.8 Å². The number of hydrogen-bond donors (Lipinski definition) is 0. The molecule has 0 aliphatic carbocycles. The topological polar surface area (TPSA) is 68.9 Å². The Balaban J connectivity index is 1.64. The van der Waals surface area contributed by atoms with Crippen molar-refractivity contribution in [3.63, 3.8) is 0 Å². The van der Waals surface area contributed by atoms with E-state index in [9.17, 15) is 0 Å². The molecule has 0 amide bonds. The van der Waals surface area contributed by atoms with Gasteiger partial charge in [-0.05, 0) is 51.0 Å². The predicted molar refractivity (Wildman–Crippen MR) is 91.9 cm³/mol. The van der Waals surface area contributed by atoms with E-state index < -0.39 is 0 Å². The van der Waals surface area contributed by atoms with Crippen LogP contribution in [0.15, 0.2) is 30.6 Å². The summed E-state index contributed by atoms with van der Waals surface area (Å²) >= 11 is 0. The average Bonchev–Trinajstić information content (AvgIpc) is 3.02. The zero-order valence-corrected chi connectivity index (χ0v) is 14.0. The Morgan fingerprint density at radius 1 is 1.04 bits per heavy atom. The monoisotopic (exact) mass is 318 g/mol. The molecular formula is C18H18N6. The van der Waals surface area contributed by atoms with Gasteiger partial charge in [0.25, 0.3) is 0 Å². The van der Waals surface area contributed by atoms with E-state index in [0.717, 1.165) is 52.4 Å². The van der Waals surface area contributed by atoms with Crippen LogP contribution >= 0.6 is 0 Å². The van der Waals surface area contributed by atoms with E-state index in [-0.39, 0.29) is 0 Å². The van der Waals surface area contributed by atoms with E-state index >= 15 is 0 Å². The highest BCUT2D eigenvalue weighted by Gasteiger charge is 2.11. The van der Waals surface area contributed by atoms with Gasteiger partial charge in [-0.2, -0.15) is 5.10 Å². The van der Waals surface area contributed by atoms with Crippen molar-refractivity contribution in [2.24, 2.45) is 0 Å². The molecule has 0 fully saturated rings. The first-order chi connectivity index (χ1) is 11.6. The Kier molecular flexibility index (Phi) is 3.45. The second-order valence-electron chi connectivity index (χ2n) is 6.05. The van der Waals surface area contributed by atoms with E-state index in [1.807, 2.05) is 36.7 Å². The number of pyridine rings is 2. The van der Waals surface area contributed by atoms with Gasteiger partial charge in [0.15, 0.2) is 17.1 Å². The molecule has 4 aromatic heterocycles. The fourth-order valence-corrected chi connectivity index (χ4v) is 2.87. The molecule has 0 saturated carbocycles. The van der Waals surface area contributed by atoms with Crippen LogP contribution in [0.5, 0.6) is 0 Å². The highest BCUT2D eigenvalue weighted by molar-refractivity contribution is 5.75. The summed E-state index contributed by atoms with van der Waals surface area (Å²) in [6, 6.07) is 6.11. The molecule has 0 bridgehead atoms. The molecule has 0 aliphatic rings. The molecule has 6 heteroatoms. The zero-order chi connectivity index (χ0) is 16.7. The Morgan fingerprint density at radius 2 is 1.92 bits per heavy atom. The van der Waals surface area contributed by atoms with Gasteiger partial charge in [0.1, 0.15) is 0 Å². The molecule has 0 N–H and O–H groups in total. The van der Waals surface area contributed by atoms with Crippen molar-refractivity contribution in [3.05, 3.63) is 59.1 Å². The lowest BCUT2D eigenvalue weighted by atomic mass is 10.1. The SMILES string of the molecule is Cc1cc2cccnc2nc1CCc1nc2c(C)ncc(C)n2n1. The van der Waals surface area contributed by atoms with Crippen LogP contribution in [0.3, 0.4) is 0 Å². The Labute approximate surface area is 139 Å². The molecule has 120 valence electrons. The molecule has 0 radical (unpaired) electrons. The fourth-order valence-electron chi connectivity index (χ4n) is 2.87. The van der Waals surface area contributed by atoms with Crippen LogP contribution in [0.25, 0.3) is 16.7 Å². The Hall–Kier alpha value is -2.89. The first-order valence-corrected chi connectivity index (χ1v) is 8.01. The average molecular weight is 318 g/mol. The number of hydrogen-bond acceptors (Lipinski definition) is 5. The second-order valence-corrected chi connectivity index (χ2v) is 6.05. The molecule has 0 saturated heterocycles. The Bertz CT molecular complexity index is 1010. The first-order valence-electron chi connectivity index (χ1n) is 8.01. The van der Waals surface area contributed by atoms with Gasteiger partial charge in [-0.15, -0.1) is 0 Å². The maximum atomic E-state index is 4.69. The normalized spacial score (nSPS) is 11.5. The highest BCUT2D eigenvalue weighted by atomic mass is 15.3. The number of fused-ring (bicyclic) bond motifs is 2. The number of aryl methyl sites for hydroxylation is 5. The van der Waals surface area contributed by atoms with Crippen molar-refractivity contribution in [1.29, 1.82) is 0 Å². The molecule has 0 atom stereocenters. The molecule has 0 spiro atoms. The van der Waals surface area contributed by atoms with E-state index in [2.05, 4.69) is 33.0 Å². The third kappa shape index (κ3) is 2.50. The number of nitrogens with zero attached hydrogens (tertiary/aromatic N) is 6. The van der Waals surface area contributed by atoms with Crippen molar-refractivity contribution >= 4 is 16.7 Å². The smallest absolute Gasteiger partial charge is 0.177 e. The molecule has 24 heavy (non-hydrogen) atoms. The predicted octanol–water partition coefficient (Wildman–Crippen LogP) is 2.78. The summed E-state index contributed by atoms with van der Waals surface area (Å²) in [5.74, 6) is 0.816. The molecule has 0 aliphatic heterocycles. The maximum absolute atomic E-state index is 4.69. The van der Waals surface area contributed by atoms with Crippen LogP contribution in [0.4, 0.5) is 0 Å². The van der Waals surface area contributed by atoms with E-state index in [4.69, 9.17) is 4.98 Å². The van der Waals surface area contributed by atoms with Crippen LogP contribution in [-0.4, -0.2) is 29.5 Å². The summed E-state index contributed by atoms with van der Waals surface area (Å²) in [5.41, 5.74) is 5.72. The van der Waals surface area contributed by atoms with Crippen molar-refractivity contribution in [1.82, 2.24) is 29.5 Å². The first kappa shape index (κ1) is 14.7. The summed E-state index contributed by atoms with van der Waals surface area (Å²) in [6.07, 6.45) is 5.13. The lowest BCUT2D eigenvalue weighted by molar-refractivity contribution is 0.804. The number of aromatic nitrogens is 6. The Morgan fingerprint density at radius 3 is 2.75 bits per heavy atom. The van der Waals surface area contributed by atoms with Gasteiger partial charge < -0.3 is 0 Å². The third-order valence-corrected chi connectivity index (χ3v) is 4.22. The molecule has 4 heterocycles. The van der Waals surface area contributed by atoms with E-state index in [1.54, 1.807) is 6.20 Å². The summed E-state index contributed by atoms with van der Waals surface area (Å²) in [5, 5.41) is 5.67. The van der Waals surface area contributed by atoms with Crippen LogP contribution in [-0.2, 0) is 12.8 Å². The van der Waals surface area contributed by atoms with E-state index in [0.29, 0.717) is 0 Å². The summed E-state index contributed by atoms with van der Waals surface area (Å²) in [6.45, 7) is 6.02. The third-order valence-electron chi connectivity index (χ3n) is 4.22.